The fourth-order valence-corrected chi connectivity index (χ4v) is 5.41. The first-order chi connectivity index (χ1) is 13.6. The van der Waals surface area contributed by atoms with E-state index in [4.69, 9.17) is 4.74 Å². The largest absolute Gasteiger partial charge is 0.489 e. The smallest absolute Gasteiger partial charge is 0.245 e. The highest BCUT2D eigenvalue weighted by atomic mass is 32.2. The number of rotatable bonds is 5. The van der Waals surface area contributed by atoms with Gasteiger partial charge in [-0.1, -0.05) is 18.2 Å². The minimum Gasteiger partial charge on any atom is -0.489 e. The summed E-state index contributed by atoms with van der Waals surface area (Å²) in [5.74, 6) is 0.532. The van der Waals surface area contributed by atoms with Crippen LogP contribution in [-0.4, -0.2) is 60.3 Å². The van der Waals surface area contributed by atoms with E-state index in [0.717, 1.165) is 12.8 Å². The van der Waals surface area contributed by atoms with Crippen molar-refractivity contribution in [2.75, 3.05) is 19.6 Å². The molecule has 4 rings (SSSR count). The topological polar surface area (TPSA) is 79.8 Å². The van der Waals surface area contributed by atoms with E-state index in [1.54, 1.807) is 11.0 Å². The number of carbonyl (C=O) groups is 1. The zero-order valence-corrected chi connectivity index (χ0v) is 16.3. The van der Waals surface area contributed by atoms with Crippen molar-refractivity contribution >= 4 is 15.9 Å². The quantitative estimate of drug-likeness (QED) is 0.765. The number of nitrogens with zero attached hydrogens (tertiary/aromatic N) is 3. The maximum Gasteiger partial charge on any atom is 0.245 e. The molecule has 7 nitrogen and oxygen atoms in total. The number of ether oxygens (including phenoxy) is 1. The van der Waals surface area contributed by atoms with Crippen molar-refractivity contribution < 1.29 is 17.9 Å². The van der Waals surface area contributed by atoms with Crippen molar-refractivity contribution in [3.05, 3.63) is 54.9 Å². The molecule has 2 aliphatic rings. The summed E-state index contributed by atoms with van der Waals surface area (Å²) in [5.41, 5.74) is 0. The number of para-hydroxylation sites is 1. The predicted octanol–water partition coefficient (Wildman–Crippen LogP) is 1.91. The molecule has 0 bridgehead atoms. The van der Waals surface area contributed by atoms with Gasteiger partial charge in [-0.2, -0.15) is 4.31 Å². The highest BCUT2D eigenvalue weighted by molar-refractivity contribution is 7.89. The van der Waals surface area contributed by atoms with Gasteiger partial charge in [-0.3, -0.25) is 9.78 Å². The van der Waals surface area contributed by atoms with Crippen LogP contribution in [-0.2, 0) is 14.8 Å². The molecule has 0 radical (unpaired) electrons. The number of hydrogen-bond acceptors (Lipinski definition) is 5. The highest BCUT2D eigenvalue weighted by Crippen LogP contribution is 2.30. The zero-order valence-electron chi connectivity index (χ0n) is 15.5. The van der Waals surface area contributed by atoms with Gasteiger partial charge < -0.3 is 9.64 Å². The molecule has 0 saturated carbocycles. The van der Waals surface area contributed by atoms with E-state index in [1.165, 1.54) is 22.8 Å². The van der Waals surface area contributed by atoms with Crippen LogP contribution in [0.2, 0.25) is 0 Å². The van der Waals surface area contributed by atoms with Gasteiger partial charge in [0.05, 0.1) is 6.54 Å². The Morgan fingerprint density at radius 1 is 1.07 bits per heavy atom. The Morgan fingerprint density at radius 2 is 1.82 bits per heavy atom. The van der Waals surface area contributed by atoms with E-state index in [1.807, 2.05) is 30.3 Å². The van der Waals surface area contributed by atoms with Crippen molar-refractivity contribution in [3.8, 4) is 5.75 Å². The van der Waals surface area contributed by atoms with Gasteiger partial charge in [0.2, 0.25) is 15.9 Å². The second-order valence-corrected chi connectivity index (χ2v) is 8.99. The molecule has 3 heterocycles. The van der Waals surface area contributed by atoms with Crippen LogP contribution in [0, 0.1) is 0 Å². The Hall–Kier alpha value is -2.45. The van der Waals surface area contributed by atoms with E-state index in [0.29, 0.717) is 25.3 Å². The molecule has 1 aromatic carbocycles. The monoisotopic (exact) mass is 401 g/mol. The molecule has 148 valence electrons. The molecule has 2 saturated heterocycles. The lowest BCUT2D eigenvalue weighted by atomic mass is 10.2. The minimum atomic E-state index is -3.84. The fourth-order valence-electron chi connectivity index (χ4n) is 3.82. The molecular weight excluding hydrogens is 378 g/mol. The summed E-state index contributed by atoms with van der Waals surface area (Å²) in [4.78, 5) is 18.9. The molecule has 0 aliphatic carbocycles. The first kappa shape index (κ1) is 18.9. The molecule has 2 fully saturated rings. The molecule has 8 heteroatoms. The van der Waals surface area contributed by atoms with Crippen LogP contribution >= 0.6 is 0 Å². The fraction of sp³-hybridized carbons (Fsp3) is 0.400. The molecule has 1 amide bonds. The summed E-state index contributed by atoms with van der Waals surface area (Å²) in [7, 11) is -3.84. The van der Waals surface area contributed by atoms with Crippen LogP contribution in [0.15, 0.2) is 59.8 Å². The lowest BCUT2D eigenvalue weighted by Crippen LogP contribution is -2.46. The number of amides is 1. The van der Waals surface area contributed by atoms with Crippen LogP contribution < -0.4 is 4.74 Å². The zero-order chi connectivity index (χ0) is 19.6. The molecule has 0 N–H and O–H groups in total. The molecule has 1 aromatic heterocycles. The van der Waals surface area contributed by atoms with Gasteiger partial charge >= 0.3 is 0 Å². The maximum absolute atomic E-state index is 13.2. The Kier molecular flexibility index (Phi) is 5.32. The van der Waals surface area contributed by atoms with E-state index in [2.05, 4.69) is 4.98 Å². The number of benzene rings is 1. The van der Waals surface area contributed by atoms with Gasteiger partial charge in [0.1, 0.15) is 22.8 Å². The first-order valence-corrected chi connectivity index (χ1v) is 10.9. The summed E-state index contributed by atoms with van der Waals surface area (Å²) in [6.45, 7) is 1.50. The molecular formula is C20H23N3O4S. The lowest BCUT2D eigenvalue weighted by molar-refractivity contribution is -0.133. The van der Waals surface area contributed by atoms with Crippen LogP contribution in [0.3, 0.4) is 0 Å². The first-order valence-electron chi connectivity index (χ1n) is 9.48. The number of hydrogen-bond donors (Lipinski definition) is 0. The van der Waals surface area contributed by atoms with Gasteiger partial charge in [0, 0.05) is 31.9 Å². The SMILES string of the molecule is O=C([C@@H]1C[C@H](Oc2ccccc2)CN1S(=O)(=O)c1cccnc1)N1CCCC1. The highest BCUT2D eigenvalue weighted by Gasteiger charge is 2.46. The Bertz CT molecular complexity index is 915. The van der Waals surface area contributed by atoms with Crippen LogP contribution in [0.25, 0.3) is 0 Å². The van der Waals surface area contributed by atoms with Crippen molar-refractivity contribution in [2.24, 2.45) is 0 Å². The van der Waals surface area contributed by atoms with E-state index in [-0.39, 0.29) is 23.5 Å². The van der Waals surface area contributed by atoms with Gasteiger partial charge in [-0.05, 0) is 37.1 Å². The average molecular weight is 401 g/mol. The maximum atomic E-state index is 13.2. The normalized spacial score (nSPS) is 23.1. The van der Waals surface area contributed by atoms with Crippen molar-refractivity contribution in [1.29, 1.82) is 0 Å². The second kappa shape index (κ2) is 7.89. The molecule has 28 heavy (non-hydrogen) atoms. The molecule has 2 aliphatic heterocycles. The minimum absolute atomic E-state index is 0.0922. The predicted molar refractivity (Wildman–Crippen MR) is 103 cm³/mol. The van der Waals surface area contributed by atoms with E-state index >= 15 is 0 Å². The van der Waals surface area contributed by atoms with Crippen molar-refractivity contribution in [1.82, 2.24) is 14.2 Å². The third-order valence-electron chi connectivity index (χ3n) is 5.21. The van der Waals surface area contributed by atoms with Gasteiger partial charge in [0.15, 0.2) is 0 Å². The molecule has 0 unspecified atom stereocenters. The number of aromatic nitrogens is 1. The van der Waals surface area contributed by atoms with E-state index < -0.39 is 16.1 Å². The summed E-state index contributed by atoms with van der Waals surface area (Å²) in [5, 5.41) is 0. The van der Waals surface area contributed by atoms with Crippen LogP contribution in [0.4, 0.5) is 0 Å². The Balaban J connectivity index is 1.61. The third-order valence-corrected chi connectivity index (χ3v) is 7.07. The molecule has 2 atom stereocenters. The van der Waals surface area contributed by atoms with Gasteiger partial charge in [-0.15, -0.1) is 0 Å². The average Bonchev–Trinajstić information content (AvgIpc) is 3.39. The van der Waals surface area contributed by atoms with Crippen LogP contribution in [0.5, 0.6) is 5.75 Å². The second-order valence-electron chi connectivity index (χ2n) is 7.10. The van der Waals surface area contributed by atoms with E-state index in [9.17, 15) is 13.2 Å². The summed E-state index contributed by atoms with van der Waals surface area (Å²) in [6.07, 6.45) is 4.71. The Labute approximate surface area is 165 Å². The number of sulfonamides is 1. The Morgan fingerprint density at radius 3 is 2.50 bits per heavy atom. The number of likely N-dealkylation sites (tertiary alicyclic amines) is 1. The lowest BCUT2D eigenvalue weighted by Gasteiger charge is -2.26. The number of carbonyl (C=O) groups excluding carboxylic acids is 1. The summed E-state index contributed by atoms with van der Waals surface area (Å²) in [6, 6.07) is 11.6. The van der Waals surface area contributed by atoms with Crippen molar-refractivity contribution in [3.63, 3.8) is 0 Å². The third kappa shape index (κ3) is 3.74. The molecule has 0 spiro atoms. The van der Waals surface area contributed by atoms with Crippen LogP contribution in [0.1, 0.15) is 19.3 Å². The van der Waals surface area contributed by atoms with Gasteiger partial charge in [0.25, 0.3) is 0 Å². The summed E-state index contributed by atoms with van der Waals surface area (Å²) >= 11 is 0. The number of pyridine rings is 1. The van der Waals surface area contributed by atoms with Crippen molar-refractivity contribution in [2.45, 2.75) is 36.3 Å². The standard InChI is InChI=1S/C20H23N3O4S/c24-20(22-11-4-5-12-22)19-13-17(27-16-7-2-1-3-8-16)15-23(19)28(25,26)18-9-6-10-21-14-18/h1-3,6-10,14,17,19H,4-5,11-13,15H2/t17-,19-/m0/s1. The van der Waals surface area contributed by atoms with Gasteiger partial charge in [-0.25, -0.2) is 8.42 Å². The molecule has 2 aromatic rings. The summed E-state index contributed by atoms with van der Waals surface area (Å²) < 4.78 is 33.7.